The van der Waals surface area contributed by atoms with Crippen LogP contribution in [0.1, 0.15) is 43.0 Å². The van der Waals surface area contributed by atoms with Gasteiger partial charge in [-0.2, -0.15) is 0 Å². The van der Waals surface area contributed by atoms with Crippen LogP contribution in [-0.2, 0) is 0 Å². The highest BCUT2D eigenvalue weighted by Crippen LogP contribution is 2.38. The van der Waals surface area contributed by atoms with Crippen molar-refractivity contribution in [3.63, 3.8) is 0 Å². The summed E-state index contributed by atoms with van der Waals surface area (Å²) in [4.78, 5) is 20.8. The number of quaternary nitrogens is 1. The third-order valence-electron chi connectivity index (χ3n) is 4.73. The van der Waals surface area contributed by atoms with E-state index < -0.39 is 0 Å². The number of nitrogens with zero attached hydrogens (tertiary/aromatic N) is 2. The molecule has 5 N–H and O–H groups in total. The third-order valence-corrected chi connectivity index (χ3v) is 5.84. The second kappa shape index (κ2) is 7.69. The van der Waals surface area contributed by atoms with E-state index in [9.17, 15) is 4.79 Å². The number of benzene rings is 1. The van der Waals surface area contributed by atoms with Crippen LogP contribution in [0, 0.1) is 0 Å². The van der Waals surface area contributed by atoms with Crippen LogP contribution in [0.4, 0.5) is 5.69 Å². The molecule has 0 spiro atoms. The molecule has 0 atom stereocenters. The van der Waals surface area contributed by atoms with Gasteiger partial charge >= 0.3 is 0 Å². The summed E-state index contributed by atoms with van der Waals surface area (Å²) in [5, 5.41) is 4.08. The van der Waals surface area contributed by atoms with Gasteiger partial charge in [-0.25, -0.2) is 10.4 Å². The highest BCUT2D eigenvalue weighted by atomic mass is 32.2. The number of piperidine rings is 1. The lowest BCUT2D eigenvalue weighted by Crippen LogP contribution is -2.89. The predicted molar refractivity (Wildman–Crippen MR) is 103 cm³/mol. The number of nitrogens with two attached hydrogens (primary N) is 1. The molecule has 26 heavy (non-hydrogen) atoms. The molecule has 8 heteroatoms. The molecule has 1 amide bonds. The SMILES string of the molecule is CCCNC(=O)c1ccc2c(c1)N=C(N1CCCCC1)C1=C([NH2+]NN1)S2. The molecule has 4 rings (SSSR count). The minimum absolute atomic E-state index is 0.0366. The molecule has 0 aliphatic carbocycles. The van der Waals surface area contributed by atoms with Crippen LogP contribution >= 0.6 is 11.8 Å². The highest BCUT2D eigenvalue weighted by molar-refractivity contribution is 8.03. The Morgan fingerprint density at radius 2 is 2.19 bits per heavy atom. The van der Waals surface area contributed by atoms with Crippen molar-refractivity contribution < 1.29 is 10.2 Å². The van der Waals surface area contributed by atoms with Crippen molar-refractivity contribution in [3.05, 3.63) is 34.5 Å². The van der Waals surface area contributed by atoms with Gasteiger partial charge in [0, 0.05) is 30.1 Å². The van der Waals surface area contributed by atoms with Crippen LogP contribution in [0.5, 0.6) is 0 Å². The van der Waals surface area contributed by atoms with Crippen LogP contribution in [0.15, 0.2) is 38.8 Å². The van der Waals surface area contributed by atoms with E-state index in [0.717, 1.165) is 46.7 Å². The third kappa shape index (κ3) is 3.44. The van der Waals surface area contributed by atoms with Crippen LogP contribution in [0.25, 0.3) is 0 Å². The molecule has 0 saturated carbocycles. The zero-order chi connectivity index (χ0) is 17.9. The van der Waals surface area contributed by atoms with Crippen molar-refractivity contribution in [2.45, 2.75) is 37.5 Å². The summed E-state index contributed by atoms with van der Waals surface area (Å²) in [6.07, 6.45) is 4.59. The average Bonchev–Trinajstić information content (AvgIpc) is 3.07. The summed E-state index contributed by atoms with van der Waals surface area (Å²) < 4.78 is 0. The van der Waals surface area contributed by atoms with E-state index in [4.69, 9.17) is 4.99 Å². The zero-order valence-corrected chi connectivity index (χ0v) is 15.8. The van der Waals surface area contributed by atoms with E-state index in [1.165, 1.54) is 19.3 Å². The number of nitrogens with one attached hydrogen (secondary N) is 3. The molecule has 3 heterocycles. The van der Waals surface area contributed by atoms with Crippen LogP contribution in [0.3, 0.4) is 0 Å². The van der Waals surface area contributed by atoms with Gasteiger partial charge in [0.1, 0.15) is 0 Å². The van der Waals surface area contributed by atoms with E-state index in [1.807, 2.05) is 30.5 Å². The Kier molecular flexibility index (Phi) is 5.14. The number of likely N-dealkylation sites (tertiary alicyclic amines) is 1. The second-order valence-electron chi connectivity index (χ2n) is 6.68. The fourth-order valence-corrected chi connectivity index (χ4v) is 4.29. The van der Waals surface area contributed by atoms with Crippen molar-refractivity contribution in [2.24, 2.45) is 4.99 Å². The van der Waals surface area contributed by atoms with Crippen molar-refractivity contribution in [1.29, 1.82) is 0 Å². The number of carbonyl (C=O) groups excluding carboxylic acids is 1. The normalized spacial score (nSPS) is 19.3. The number of rotatable bonds is 3. The van der Waals surface area contributed by atoms with E-state index in [0.29, 0.717) is 12.1 Å². The molecule has 1 fully saturated rings. The standard InChI is InChI=1S/C18H24N6OS/c1-2-8-19-17(25)12-6-7-14-13(11-12)20-16(24-9-4-3-5-10-24)15-18(26-14)22-23-21-15/h6-7,11,21-23H,2-5,8-10H2,1H3,(H,19,25)/p+1. The van der Waals surface area contributed by atoms with Crippen LogP contribution < -0.4 is 21.7 Å². The largest absolute Gasteiger partial charge is 0.355 e. The number of amidine groups is 1. The lowest BCUT2D eigenvalue weighted by atomic mass is 10.1. The maximum absolute atomic E-state index is 12.3. The first-order valence-electron chi connectivity index (χ1n) is 9.29. The number of aliphatic imine (C=N–C) groups is 1. The Morgan fingerprint density at radius 1 is 1.35 bits per heavy atom. The maximum atomic E-state index is 12.3. The number of hydrazine groups is 1. The summed E-state index contributed by atoms with van der Waals surface area (Å²) in [6.45, 7) is 4.78. The average molecular weight is 374 g/mol. The Labute approximate surface area is 157 Å². The van der Waals surface area contributed by atoms with E-state index in [2.05, 4.69) is 21.2 Å². The smallest absolute Gasteiger partial charge is 0.251 e. The fourth-order valence-electron chi connectivity index (χ4n) is 3.35. The van der Waals surface area contributed by atoms with Crippen molar-refractivity contribution in [2.75, 3.05) is 19.6 Å². The van der Waals surface area contributed by atoms with E-state index >= 15 is 0 Å². The number of amides is 1. The molecule has 1 aromatic carbocycles. The summed E-state index contributed by atoms with van der Waals surface area (Å²) >= 11 is 1.68. The van der Waals surface area contributed by atoms with Gasteiger partial charge in [0.15, 0.2) is 11.5 Å². The fraction of sp³-hybridized carbons (Fsp3) is 0.444. The molecule has 0 radical (unpaired) electrons. The summed E-state index contributed by atoms with van der Waals surface area (Å²) in [5.41, 5.74) is 10.9. The molecule has 7 nitrogen and oxygen atoms in total. The van der Waals surface area contributed by atoms with Gasteiger partial charge in [0.05, 0.1) is 5.69 Å². The number of hydrogen-bond acceptors (Lipinski definition) is 6. The predicted octanol–water partition coefficient (Wildman–Crippen LogP) is 1.20. The first-order valence-corrected chi connectivity index (χ1v) is 10.1. The van der Waals surface area contributed by atoms with E-state index in [-0.39, 0.29) is 5.91 Å². The number of thioether (sulfide) groups is 1. The first-order chi connectivity index (χ1) is 12.8. The molecule has 138 valence electrons. The minimum atomic E-state index is -0.0366. The van der Waals surface area contributed by atoms with Gasteiger partial charge in [-0.15, -0.1) is 0 Å². The van der Waals surface area contributed by atoms with Gasteiger partial charge in [-0.3, -0.25) is 10.2 Å². The number of carbonyl (C=O) groups is 1. The second-order valence-corrected chi connectivity index (χ2v) is 7.76. The molecule has 1 saturated heterocycles. The Morgan fingerprint density at radius 3 is 3.00 bits per heavy atom. The zero-order valence-electron chi connectivity index (χ0n) is 15.0. The summed E-state index contributed by atoms with van der Waals surface area (Å²) in [5.74, 6) is 0.934. The number of hydrogen-bond donors (Lipinski definition) is 4. The highest BCUT2D eigenvalue weighted by Gasteiger charge is 2.31. The first kappa shape index (κ1) is 17.4. The molecule has 3 aliphatic rings. The van der Waals surface area contributed by atoms with Crippen molar-refractivity contribution in [1.82, 2.24) is 21.2 Å². The van der Waals surface area contributed by atoms with Gasteiger partial charge in [-0.05, 0) is 55.6 Å². The Balaban J connectivity index is 1.70. The van der Waals surface area contributed by atoms with E-state index in [1.54, 1.807) is 11.8 Å². The van der Waals surface area contributed by atoms with Gasteiger partial charge in [0.2, 0.25) is 5.03 Å². The van der Waals surface area contributed by atoms with Gasteiger partial charge in [0.25, 0.3) is 5.91 Å². The molecular weight excluding hydrogens is 348 g/mol. The Hall–Kier alpha value is -2.03. The van der Waals surface area contributed by atoms with Crippen molar-refractivity contribution >= 4 is 29.2 Å². The Bertz CT molecular complexity index is 769. The summed E-state index contributed by atoms with van der Waals surface area (Å²) in [6, 6.07) is 5.79. The summed E-state index contributed by atoms with van der Waals surface area (Å²) in [7, 11) is 0. The quantitative estimate of drug-likeness (QED) is 0.599. The molecule has 1 aromatic rings. The van der Waals surface area contributed by atoms with Crippen molar-refractivity contribution in [3.8, 4) is 0 Å². The topological polar surface area (TPSA) is 85.4 Å². The molecule has 0 aromatic heterocycles. The maximum Gasteiger partial charge on any atom is 0.251 e. The van der Waals surface area contributed by atoms with Crippen LogP contribution in [-0.4, -0.2) is 36.3 Å². The van der Waals surface area contributed by atoms with Gasteiger partial charge in [-0.1, -0.05) is 12.5 Å². The molecule has 3 aliphatic heterocycles. The molecule has 0 bridgehead atoms. The monoisotopic (exact) mass is 373 g/mol. The number of fused-ring (bicyclic) bond motifs is 1. The molecular formula is C18H25N6OS+. The lowest BCUT2D eigenvalue weighted by molar-refractivity contribution is -0.652. The van der Waals surface area contributed by atoms with Crippen LogP contribution in [0.2, 0.25) is 0 Å². The minimum Gasteiger partial charge on any atom is -0.355 e. The lowest BCUT2D eigenvalue weighted by Gasteiger charge is -2.29. The molecule has 0 unspecified atom stereocenters. The van der Waals surface area contributed by atoms with Gasteiger partial charge < -0.3 is 10.2 Å².